The lowest BCUT2D eigenvalue weighted by Crippen LogP contribution is -2.16. The van der Waals surface area contributed by atoms with E-state index in [-0.39, 0.29) is 18.0 Å². The molecule has 2 atom stereocenters. The standard InChI is InChI=1S/C18H17NO.C10H18O.C8H8F2.C2H6.H2/c1-3-16(20)15-7-6-14(10-13(15)2)18-9-5-4-8-17(18,11-18)12-19;1-2-3-8-10(11)9-6-4-5-7-9;1-2-6-3-7(9)5-8(10)4-6;1-2;/h4-10H,3,11H2,1-2H3;9H,2-8H2,1H3;3-5H,2H2,1H3;1-2H3;1H. The smallest absolute Gasteiger partial charge is 0.162 e. The van der Waals surface area contributed by atoms with Crippen LogP contribution in [0.3, 0.4) is 0 Å². The Bertz CT molecular complexity index is 1320. The van der Waals surface area contributed by atoms with Gasteiger partial charge in [-0.3, -0.25) is 9.59 Å². The van der Waals surface area contributed by atoms with Crippen molar-refractivity contribution in [2.45, 2.75) is 111 Å². The molecule has 3 aliphatic carbocycles. The highest BCUT2D eigenvalue weighted by molar-refractivity contribution is 5.97. The number of aryl methyl sites for hydroxylation is 2. The topological polar surface area (TPSA) is 57.9 Å². The second-order valence-corrected chi connectivity index (χ2v) is 11.4. The van der Waals surface area contributed by atoms with E-state index in [1.54, 1.807) is 0 Å². The summed E-state index contributed by atoms with van der Waals surface area (Å²) in [5.74, 6) is 0.146. The van der Waals surface area contributed by atoms with Gasteiger partial charge in [0.15, 0.2) is 5.78 Å². The molecule has 2 saturated carbocycles. The summed E-state index contributed by atoms with van der Waals surface area (Å²) < 4.78 is 24.8. The van der Waals surface area contributed by atoms with Crippen LogP contribution in [0.2, 0.25) is 0 Å². The van der Waals surface area contributed by atoms with Crippen LogP contribution in [0.25, 0.3) is 0 Å². The van der Waals surface area contributed by atoms with Gasteiger partial charge in [-0.05, 0) is 67.9 Å². The normalized spacial score (nSPS) is 21.1. The third-order valence-electron chi connectivity index (χ3n) is 8.58. The van der Waals surface area contributed by atoms with Crippen LogP contribution in [-0.2, 0) is 16.6 Å². The molecule has 0 aromatic heterocycles. The van der Waals surface area contributed by atoms with Crippen LogP contribution in [0.15, 0.2) is 60.7 Å². The summed E-state index contributed by atoms with van der Waals surface area (Å²) in [7, 11) is 0. The van der Waals surface area contributed by atoms with Gasteiger partial charge in [0.1, 0.15) is 17.4 Å². The van der Waals surface area contributed by atoms with Crippen LogP contribution in [0.1, 0.15) is 121 Å². The molecule has 234 valence electrons. The van der Waals surface area contributed by atoms with Crippen LogP contribution in [0, 0.1) is 41.2 Å². The minimum Gasteiger partial charge on any atom is -0.299 e. The second kappa shape index (κ2) is 17.0. The van der Waals surface area contributed by atoms with Crippen LogP contribution < -0.4 is 0 Å². The third-order valence-corrected chi connectivity index (χ3v) is 8.58. The van der Waals surface area contributed by atoms with Gasteiger partial charge in [-0.15, -0.1) is 0 Å². The molecule has 0 spiro atoms. The third kappa shape index (κ3) is 9.05. The molecular formula is C38H51F2NO2. The summed E-state index contributed by atoms with van der Waals surface area (Å²) in [5, 5.41) is 9.48. The van der Waals surface area contributed by atoms with E-state index < -0.39 is 11.6 Å². The number of nitrogens with zero attached hydrogens (tertiary/aromatic N) is 1. The molecule has 0 N–H and O–H groups in total. The van der Waals surface area contributed by atoms with Gasteiger partial charge >= 0.3 is 0 Å². The fourth-order valence-electron chi connectivity index (χ4n) is 5.95. The largest absolute Gasteiger partial charge is 0.299 e. The van der Waals surface area contributed by atoms with E-state index in [2.05, 4.69) is 25.1 Å². The monoisotopic (exact) mass is 591 g/mol. The average molecular weight is 592 g/mol. The number of Topliss-reactive ketones (excluding diaryl/α,β-unsaturated/α-hetero) is 2. The summed E-state index contributed by atoms with van der Waals surface area (Å²) in [6.07, 6.45) is 18.1. The van der Waals surface area contributed by atoms with Gasteiger partial charge in [-0.2, -0.15) is 5.26 Å². The molecule has 0 amide bonds. The van der Waals surface area contributed by atoms with Gasteiger partial charge in [0.05, 0.1) is 11.5 Å². The molecule has 43 heavy (non-hydrogen) atoms. The number of halogens is 2. The molecule has 2 aromatic carbocycles. The number of hydrogen-bond acceptors (Lipinski definition) is 3. The summed E-state index contributed by atoms with van der Waals surface area (Å²) >= 11 is 0. The predicted octanol–water partition coefficient (Wildman–Crippen LogP) is 10.6. The Morgan fingerprint density at radius 3 is 2.14 bits per heavy atom. The summed E-state index contributed by atoms with van der Waals surface area (Å²) in [5.41, 5.74) is 3.07. The quantitative estimate of drug-likeness (QED) is 0.287. The average Bonchev–Trinajstić information content (AvgIpc) is 3.42. The number of allylic oxidation sites excluding steroid dienone is 4. The van der Waals surface area contributed by atoms with Gasteiger partial charge < -0.3 is 0 Å². The highest BCUT2D eigenvalue weighted by atomic mass is 19.1. The molecule has 2 aromatic rings. The van der Waals surface area contributed by atoms with Crippen LogP contribution in [-0.4, -0.2) is 11.6 Å². The zero-order valence-electron chi connectivity index (χ0n) is 26.9. The van der Waals surface area contributed by atoms with Gasteiger partial charge in [-0.25, -0.2) is 8.78 Å². The molecule has 0 saturated heterocycles. The number of rotatable bonds is 8. The molecule has 3 nitrogen and oxygen atoms in total. The molecule has 2 unspecified atom stereocenters. The molecule has 0 radical (unpaired) electrons. The Balaban J connectivity index is 0.000000345. The van der Waals surface area contributed by atoms with Crippen LogP contribution >= 0.6 is 0 Å². The van der Waals surface area contributed by atoms with Crippen LogP contribution in [0.4, 0.5) is 8.78 Å². The van der Waals surface area contributed by atoms with Crippen molar-refractivity contribution in [1.82, 2.24) is 0 Å². The minimum absolute atomic E-state index is 0. The van der Waals surface area contributed by atoms with E-state index >= 15 is 0 Å². The Kier molecular flexibility index (Phi) is 14.2. The van der Waals surface area contributed by atoms with Gasteiger partial charge in [0, 0.05) is 37.2 Å². The summed E-state index contributed by atoms with van der Waals surface area (Å²) in [4.78, 5) is 23.3. The van der Waals surface area contributed by atoms with Crippen LogP contribution in [0.5, 0.6) is 0 Å². The van der Waals surface area contributed by atoms with Gasteiger partial charge in [0.2, 0.25) is 0 Å². The van der Waals surface area contributed by atoms with Gasteiger partial charge in [-0.1, -0.05) is 96.4 Å². The van der Waals surface area contributed by atoms with E-state index in [9.17, 15) is 23.6 Å². The van der Waals surface area contributed by atoms with Crippen molar-refractivity contribution in [1.29, 1.82) is 5.26 Å². The first-order valence-electron chi connectivity index (χ1n) is 16.1. The maximum absolute atomic E-state index is 12.4. The van der Waals surface area contributed by atoms with E-state index in [0.29, 0.717) is 30.1 Å². The predicted molar refractivity (Wildman–Crippen MR) is 174 cm³/mol. The van der Waals surface area contributed by atoms with Crippen molar-refractivity contribution in [3.8, 4) is 6.07 Å². The van der Waals surface area contributed by atoms with Crippen molar-refractivity contribution < 1.29 is 19.8 Å². The number of benzene rings is 2. The lowest BCUT2D eigenvalue weighted by atomic mass is 9.82. The molecule has 0 bridgehead atoms. The minimum atomic E-state index is -0.503. The van der Waals surface area contributed by atoms with Crippen molar-refractivity contribution in [3.05, 3.63) is 94.6 Å². The summed E-state index contributed by atoms with van der Waals surface area (Å²) in [6.45, 7) is 11.8. The first kappa shape index (κ1) is 35.8. The number of nitriles is 1. The first-order valence-corrected chi connectivity index (χ1v) is 16.1. The summed E-state index contributed by atoms with van der Waals surface area (Å²) in [6, 6.07) is 12.0. The second-order valence-electron chi connectivity index (χ2n) is 11.4. The molecule has 0 aliphatic heterocycles. The Hall–Kier alpha value is -3.39. The molecule has 5 rings (SSSR count). The van der Waals surface area contributed by atoms with E-state index in [0.717, 1.165) is 48.4 Å². The molecule has 2 fully saturated rings. The Morgan fingerprint density at radius 1 is 0.977 bits per heavy atom. The fraction of sp³-hybridized carbons (Fsp3) is 0.500. The lowest BCUT2D eigenvalue weighted by molar-refractivity contribution is -0.122. The molecular weight excluding hydrogens is 540 g/mol. The Labute approximate surface area is 259 Å². The number of ketones is 2. The zero-order chi connectivity index (χ0) is 32.0. The number of fused-ring (bicyclic) bond motifs is 1. The maximum atomic E-state index is 12.4. The number of carbonyl (C=O) groups is 2. The van der Waals surface area contributed by atoms with E-state index in [1.807, 2.05) is 65.0 Å². The van der Waals surface area contributed by atoms with Crippen molar-refractivity contribution >= 4 is 11.6 Å². The van der Waals surface area contributed by atoms with E-state index in [4.69, 9.17) is 0 Å². The van der Waals surface area contributed by atoms with E-state index in [1.165, 1.54) is 37.8 Å². The number of unbranched alkanes of at least 4 members (excludes halogenated alkanes) is 1. The van der Waals surface area contributed by atoms with Crippen molar-refractivity contribution in [2.24, 2.45) is 11.3 Å². The lowest BCUT2D eigenvalue weighted by Gasteiger charge is -2.19. The number of hydrogen-bond donors (Lipinski definition) is 0. The SMILES string of the molecule is CC.CCC(=O)c1ccc(C23C=CC=CC2(C#N)C3)cc1C.CCCCC(=O)C1CCCC1.CCc1cc(F)cc(F)c1.[HH]. The Morgan fingerprint density at radius 2 is 1.60 bits per heavy atom. The van der Waals surface area contributed by atoms with Crippen molar-refractivity contribution in [2.75, 3.05) is 0 Å². The molecule has 0 heterocycles. The van der Waals surface area contributed by atoms with Gasteiger partial charge in [0.25, 0.3) is 0 Å². The molecule has 3 aliphatic rings. The highest BCUT2D eigenvalue weighted by Crippen LogP contribution is 2.67. The number of carbonyl (C=O) groups excluding carboxylic acids is 2. The zero-order valence-corrected chi connectivity index (χ0v) is 26.9. The first-order chi connectivity index (χ1) is 20.6. The highest BCUT2D eigenvalue weighted by Gasteiger charge is 2.66. The van der Waals surface area contributed by atoms with Crippen molar-refractivity contribution in [3.63, 3.8) is 0 Å². The molecule has 5 heteroatoms. The maximum Gasteiger partial charge on any atom is 0.162 e. The fourth-order valence-corrected chi connectivity index (χ4v) is 5.95.